The van der Waals surface area contributed by atoms with Crippen LogP contribution in [0.15, 0.2) is 29.2 Å². The van der Waals surface area contributed by atoms with E-state index in [0.29, 0.717) is 0 Å². The van der Waals surface area contributed by atoms with Crippen molar-refractivity contribution in [3.8, 4) is 12.0 Å². The highest BCUT2D eigenvalue weighted by molar-refractivity contribution is 7.89. The molecule has 0 bridgehead atoms. The highest BCUT2D eigenvalue weighted by Gasteiger charge is 2.15. The van der Waals surface area contributed by atoms with Gasteiger partial charge in [-0.05, 0) is 24.1 Å². The molecule has 0 aliphatic rings. The monoisotopic (exact) mass is 338 g/mol. The van der Waals surface area contributed by atoms with Gasteiger partial charge >= 0.3 is 12.0 Å². The van der Waals surface area contributed by atoms with Crippen LogP contribution in [-0.2, 0) is 23.0 Å². The molecule has 0 spiro atoms. The third-order valence-electron chi connectivity index (χ3n) is 3.07. The van der Waals surface area contributed by atoms with Gasteiger partial charge in [-0.3, -0.25) is 0 Å². The number of aryl methyl sites for hydroxylation is 1. The molecule has 0 aliphatic heterocycles. The summed E-state index contributed by atoms with van der Waals surface area (Å²) < 4.78 is 36.8. The number of sulfonamides is 1. The number of aromatic nitrogens is 3. The Balaban J connectivity index is 2.15. The first-order chi connectivity index (χ1) is 11.0. The zero-order valence-corrected chi connectivity index (χ0v) is 13.9. The van der Waals surface area contributed by atoms with Crippen LogP contribution in [-0.4, -0.2) is 37.6 Å². The predicted octanol–water partition coefficient (Wildman–Crippen LogP) is 0.930. The molecule has 0 fully saturated rings. The molecule has 23 heavy (non-hydrogen) atoms. The quantitative estimate of drug-likeness (QED) is 0.801. The van der Waals surface area contributed by atoms with E-state index in [-0.39, 0.29) is 29.3 Å². The Hall–Kier alpha value is -2.26. The van der Waals surface area contributed by atoms with Gasteiger partial charge in [-0.25, -0.2) is 13.1 Å². The van der Waals surface area contributed by atoms with Crippen molar-refractivity contribution in [1.82, 2.24) is 19.7 Å². The maximum Gasteiger partial charge on any atom is 0.322 e. The zero-order chi connectivity index (χ0) is 16.9. The summed E-state index contributed by atoms with van der Waals surface area (Å²) in [4.78, 5) is 12.0. The van der Waals surface area contributed by atoms with E-state index in [1.807, 2.05) is 6.92 Å². The predicted molar refractivity (Wildman–Crippen MR) is 82.8 cm³/mol. The summed E-state index contributed by atoms with van der Waals surface area (Å²) in [6, 6.07) is 6.80. The van der Waals surface area contributed by atoms with Gasteiger partial charge in [-0.2, -0.15) is 9.97 Å². The second-order valence-corrected chi connectivity index (χ2v) is 6.31. The molecule has 0 aliphatic carbocycles. The van der Waals surface area contributed by atoms with Gasteiger partial charge in [0.25, 0.3) is 0 Å². The lowest BCUT2D eigenvalue weighted by Gasteiger charge is -2.08. The van der Waals surface area contributed by atoms with E-state index in [0.717, 1.165) is 12.0 Å². The van der Waals surface area contributed by atoms with Crippen molar-refractivity contribution in [2.24, 2.45) is 0 Å². The number of hydrogen-bond donors (Lipinski definition) is 1. The summed E-state index contributed by atoms with van der Waals surface area (Å²) in [5.74, 6) is 0.197. The minimum Gasteiger partial charge on any atom is -0.467 e. The highest BCUT2D eigenvalue weighted by atomic mass is 32.2. The largest absolute Gasteiger partial charge is 0.467 e. The van der Waals surface area contributed by atoms with Gasteiger partial charge in [-0.15, -0.1) is 4.98 Å². The number of nitrogens with zero attached hydrogens (tertiary/aromatic N) is 3. The molecule has 124 valence electrons. The molecule has 1 aromatic heterocycles. The minimum atomic E-state index is -3.65. The smallest absolute Gasteiger partial charge is 0.322 e. The first kappa shape index (κ1) is 17.1. The van der Waals surface area contributed by atoms with Crippen molar-refractivity contribution < 1.29 is 17.9 Å². The fourth-order valence-corrected chi connectivity index (χ4v) is 2.77. The Bertz CT molecular complexity index is 741. The van der Waals surface area contributed by atoms with Crippen LogP contribution in [0.1, 0.15) is 18.3 Å². The number of hydrogen-bond acceptors (Lipinski definition) is 7. The van der Waals surface area contributed by atoms with Crippen molar-refractivity contribution in [1.29, 1.82) is 0 Å². The van der Waals surface area contributed by atoms with Crippen LogP contribution in [0.4, 0.5) is 0 Å². The Morgan fingerprint density at radius 1 is 1.00 bits per heavy atom. The SMILES string of the molecule is CCc1ccc(S(=O)(=O)NCc2nc(OC)nc(OC)n2)cc1. The van der Waals surface area contributed by atoms with Crippen LogP contribution in [0.2, 0.25) is 0 Å². The van der Waals surface area contributed by atoms with Crippen molar-refractivity contribution in [2.75, 3.05) is 14.2 Å². The standard InChI is InChI=1S/C14H18N4O4S/c1-4-10-5-7-11(8-6-10)23(19,20)15-9-12-16-13(21-2)18-14(17-12)22-3/h5-8,15H,4,9H2,1-3H3. The van der Waals surface area contributed by atoms with Gasteiger partial charge < -0.3 is 9.47 Å². The number of benzene rings is 1. The second-order valence-electron chi connectivity index (χ2n) is 4.55. The molecule has 2 rings (SSSR count). The lowest BCUT2D eigenvalue weighted by molar-refractivity contribution is 0.336. The van der Waals surface area contributed by atoms with Crippen LogP contribution in [0.25, 0.3) is 0 Å². The summed E-state index contributed by atoms with van der Waals surface area (Å²) in [6.45, 7) is 1.90. The molecule has 1 N–H and O–H groups in total. The van der Waals surface area contributed by atoms with Crippen LogP contribution < -0.4 is 14.2 Å². The van der Waals surface area contributed by atoms with E-state index < -0.39 is 10.0 Å². The van der Waals surface area contributed by atoms with Gasteiger partial charge in [0.1, 0.15) is 0 Å². The third kappa shape index (κ3) is 4.36. The topological polar surface area (TPSA) is 103 Å². The van der Waals surface area contributed by atoms with E-state index in [1.165, 1.54) is 14.2 Å². The number of ether oxygens (including phenoxy) is 2. The molecule has 0 saturated carbocycles. The van der Waals surface area contributed by atoms with Gasteiger partial charge in [0.05, 0.1) is 25.7 Å². The first-order valence-electron chi connectivity index (χ1n) is 6.90. The molecule has 0 unspecified atom stereocenters. The summed E-state index contributed by atoms with van der Waals surface area (Å²) in [5.41, 5.74) is 1.07. The summed E-state index contributed by atoms with van der Waals surface area (Å²) in [5, 5.41) is 0. The van der Waals surface area contributed by atoms with E-state index in [1.54, 1.807) is 24.3 Å². The Morgan fingerprint density at radius 2 is 1.57 bits per heavy atom. The van der Waals surface area contributed by atoms with Crippen molar-refractivity contribution >= 4 is 10.0 Å². The molecule has 0 atom stereocenters. The molecule has 1 heterocycles. The minimum absolute atomic E-state index is 0.0540. The summed E-state index contributed by atoms with van der Waals surface area (Å²) in [7, 11) is -0.853. The Labute approximate surface area is 135 Å². The van der Waals surface area contributed by atoms with Crippen molar-refractivity contribution in [3.05, 3.63) is 35.7 Å². The van der Waals surface area contributed by atoms with Crippen molar-refractivity contribution in [3.63, 3.8) is 0 Å². The highest BCUT2D eigenvalue weighted by Crippen LogP contribution is 2.12. The number of rotatable bonds is 7. The summed E-state index contributed by atoms with van der Waals surface area (Å²) in [6.07, 6.45) is 0.845. The zero-order valence-electron chi connectivity index (χ0n) is 13.1. The molecule has 0 saturated heterocycles. The molecule has 8 nitrogen and oxygen atoms in total. The first-order valence-corrected chi connectivity index (χ1v) is 8.38. The van der Waals surface area contributed by atoms with Crippen LogP contribution in [0.3, 0.4) is 0 Å². The fourth-order valence-electron chi connectivity index (χ4n) is 1.79. The third-order valence-corrected chi connectivity index (χ3v) is 4.49. The van der Waals surface area contributed by atoms with Crippen LogP contribution in [0.5, 0.6) is 12.0 Å². The van der Waals surface area contributed by atoms with E-state index in [2.05, 4.69) is 19.7 Å². The molecule has 1 aromatic carbocycles. The molecular formula is C14H18N4O4S. The lowest BCUT2D eigenvalue weighted by Crippen LogP contribution is -2.24. The van der Waals surface area contributed by atoms with Gasteiger partial charge in [0.15, 0.2) is 5.82 Å². The molecule has 0 amide bonds. The molecule has 2 aromatic rings. The molecule has 0 radical (unpaired) electrons. The number of methoxy groups -OCH3 is 2. The lowest BCUT2D eigenvalue weighted by atomic mass is 10.2. The average molecular weight is 338 g/mol. The maximum absolute atomic E-state index is 12.3. The summed E-state index contributed by atoms with van der Waals surface area (Å²) >= 11 is 0. The van der Waals surface area contributed by atoms with E-state index in [9.17, 15) is 8.42 Å². The van der Waals surface area contributed by atoms with Gasteiger partial charge in [0, 0.05) is 0 Å². The molecular weight excluding hydrogens is 320 g/mol. The maximum atomic E-state index is 12.3. The Morgan fingerprint density at radius 3 is 2.04 bits per heavy atom. The van der Waals surface area contributed by atoms with E-state index in [4.69, 9.17) is 9.47 Å². The van der Waals surface area contributed by atoms with Gasteiger partial charge in [0.2, 0.25) is 10.0 Å². The van der Waals surface area contributed by atoms with Crippen LogP contribution >= 0.6 is 0 Å². The van der Waals surface area contributed by atoms with Crippen molar-refractivity contribution in [2.45, 2.75) is 24.8 Å². The average Bonchev–Trinajstić information content (AvgIpc) is 2.59. The fraction of sp³-hybridized carbons (Fsp3) is 0.357. The van der Waals surface area contributed by atoms with Gasteiger partial charge in [-0.1, -0.05) is 19.1 Å². The molecule has 9 heteroatoms. The number of nitrogens with one attached hydrogen (secondary N) is 1. The second kappa shape index (κ2) is 7.34. The Kier molecular flexibility index (Phi) is 5.45. The van der Waals surface area contributed by atoms with Crippen LogP contribution in [0, 0.1) is 0 Å². The normalized spacial score (nSPS) is 11.3. The van der Waals surface area contributed by atoms with E-state index >= 15 is 0 Å².